The predicted octanol–water partition coefficient (Wildman–Crippen LogP) is 3.86. The third kappa shape index (κ3) is 9.96. The number of methoxy groups -OCH3 is 1. The van der Waals surface area contributed by atoms with Crippen molar-refractivity contribution in [1.29, 1.82) is 0 Å². The van der Waals surface area contributed by atoms with Crippen molar-refractivity contribution < 1.29 is 37.1 Å². The summed E-state index contributed by atoms with van der Waals surface area (Å²) in [7, 11) is -2.39. The van der Waals surface area contributed by atoms with Crippen LogP contribution in [0.4, 0.5) is 4.79 Å². The zero-order valence-electron chi connectivity index (χ0n) is 24.2. The minimum Gasteiger partial charge on any atom is -0.493 e. The monoisotopic (exact) mass is 581 g/mol. The number of sulfonamides is 1. The topological polar surface area (TPSA) is 133 Å². The van der Waals surface area contributed by atoms with Crippen LogP contribution in [0.5, 0.6) is 5.75 Å². The Morgan fingerprint density at radius 1 is 1.18 bits per heavy atom. The van der Waals surface area contributed by atoms with Crippen LogP contribution in [-0.4, -0.2) is 81.4 Å². The Kier molecular flexibility index (Phi) is 11.2. The van der Waals surface area contributed by atoms with Gasteiger partial charge in [-0.25, -0.2) is 17.9 Å². The van der Waals surface area contributed by atoms with E-state index in [0.717, 1.165) is 30.6 Å². The van der Waals surface area contributed by atoms with Gasteiger partial charge in [-0.3, -0.25) is 4.79 Å². The molecule has 0 spiro atoms. The number of esters is 1. The van der Waals surface area contributed by atoms with Crippen molar-refractivity contribution in [2.75, 3.05) is 32.6 Å². The van der Waals surface area contributed by atoms with Crippen LogP contribution < -0.4 is 9.46 Å². The molecular formula is C28H43N3O8S. The van der Waals surface area contributed by atoms with Gasteiger partial charge in [0.2, 0.25) is 10.0 Å². The fourth-order valence-corrected chi connectivity index (χ4v) is 5.91. The molecular weight excluding hydrogens is 538 g/mol. The zero-order chi connectivity index (χ0) is 29.3. The summed E-state index contributed by atoms with van der Waals surface area (Å²) in [4.78, 5) is 31.8. The number of carbonyl (C=O) groups excluding carboxylic acids is 2. The number of rotatable bonds is 12. The number of unbranched alkanes of at least 4 members (excludes halogenated alkanes) is 1. The van der Waals surface area contributed by atoms with Gasteiger partial charge in [-0.1, -0.05) is 18.5 Å². The van der Waals surface area contributed by atoms with Gasteiger partial charge in [0.1, 0.15) is 23.5 Å². The standard InChI is InChI=1S/C28H43N3O8S/c1-6-7-16-40(34,35)30-25(26(32)36-5)18-23-17-24(29-39-23)21-8-10-22(11-9-21)37-19-20-12-14-31(15-13-20)27(33)38-28(2,3)4/h8-11,20,23,25,30H,6-7,12-19H2,1-5H3/t23-,25-/m1/s1. The molecule has 2 atom stereocenters. The second kappa shape index (κ2) is 14.2. The maximum absolute atomic E-state index is 12.3. The van der Waals surface area contributed by atoms with E-state index in [1.165, 1.54) is 7.11 Å². The molecule has 0 unspecified atom stereocenters. The number of carbonyl (C=O) groups is 2. The molecule has 0 radical (unpaired) electrons. The highest BCUT2D eigenvalue weighted by Crippen LogP contribution is 2.24. The molecule has 1 saturated heterocycles. The number of nitrogens with zero attached hydrogens (tertiary/aromatic N) is 2. The molecule has 1 N–H and O–H groups in total. The van der Waals surface area contributed by atoms with Gasteiger partial charge in [0, 0.05) is 25.9 Å². The van der Waals surface area contributed by atoms with Crippen LogP contribution in [0.2, 0.25) is 0 Å². The summed E-state index contributed by atoms with van der Waals surface area (Å²) in [5.41, 5.74) is 1.07. The lowest BCUT2D eigenvalue weighted by atomic mass is 9.98. The van der Waals surface area contributed by atoms with Gasteiger partial charge in [-0.05, 0) is 75.8 Å². The Hall–Kier alpha value is -2.86. The van der Waals surface area contributed by atoms with E-state index >= 15 is 0 Å². The molecule has 0 aromatic heterocycles. The highest BCUT2D eigenvalue weighted by Gasteiger charge is 2.32. The molecule has 224 valence electrons. The molecule has 1 aromatic carbocycles. The Morgan fingerprint density at radius 3 is 2.45 bits per heavy atom. The third-order valence-electron chi connectivity index (χ3n) is 6.75. The number of ether oxygens (including phenoxy) is 3. The number of nitrogens with one attached hydrogen (secondary N) is 1. The van der Waals surface area contributed by atoms with E-state index in [0.29, 0.717) is 44.2 Å². The van der Waals surface area contributed by atoms with Crippen LogP contribution in [0, 0.1) is 5.92 Å². The Balaban J connectivity index is 1.45. The summed E-state index contributed by atoms with van der Waals surface area (Å²) >= 11 is 0. The molecule has 1 fully saturated rings. The molecule has 40 heavy (non-hydrogen) atoms. The minimum atomic E-state index is -3.62. The van der Waals surface area contributed by atoms with Gasteiger partial charge in [0.05, 0.1) is 25.2 Å². The van der Waals surface area contributed by atoms with E-state index in [1.807, 2.05) is 52.0 Å². The average Bonchev–Trinajstić information content (AvgIpc) is 3.38. The van der Waals surface area contributed by atoms with Crippen LogP contribution in [0.15, 0.2) is 29.4 Å². The second-order valence-corrected chi connectivity index (χ2v) is 13.2. The first kappa shape index (κ1) is 31.7. The Bertz CT molecular complexity index is 1120. The normalized spacial score (nSPS) is 19.0. The molecule has 2 aliphatic rings. The fourth-order valence-electron chi connectivity index (χ4n) is 4.50. The predicted molar refractivity (Wildman–Crippen MR) is 151 cm³/mol. The molecule has 1 amide bonds. The van der Waals surface area contributed by atoms with Gasteiger partial charge in [-0.2, -0.15) is 0 Å². The number of benzene rings is 1. The number of hydrogen-bond acceptors (Lipinski definition) is 9. The number of hydrogen-bond donors (Lipinski definition) is 1. The number of likely N-dealkylation sites (tertiary alicyclic amines) is 1. The largest absolute Gasteiger partial charge is 0.493 e. The smallest absolute Gasteiger partial charge is 0.410 e. The van der Waals surface area contributed by atoms with Gasteiger partial charge >= 0.3 is 12.1 Å². The molecule has 2 heterocycles. The Labute approximate surface area is 237 Å². The van der Waals surface area contributed by atoms with E-state index in [-0.39, 0.29) is 18.3 Å². The van der Waals surface area contributed by atoms with E-state index in [2.05, 4.69) is 9.88 Å². The number of piperidine rings is 1. The maximum Gasteiger partial charge on any atom is 0.410 e. The lowest BCUT2D eigenvalue weighted by molar-refractivity contribution is -0.143. The van der Waals surface area contributed by atoms with Gasteiger partial charge in [-0.15, -0.1) is 0 Å². The third-order valence-corrected chi connectivity index (χ3v) is 8.21. The summed E-state index contributed by atoms with van der Waals surface area (Å²) in [5.74, 6) is 0.383. The molecule has 3 rings (SSSR count). The molecule has 0 aliphatic carbocycles. The Morgan fingerprint density at radius 2 is 1.85 bits per heavy atom. The molecule has 2 aliphatic heterocycles. The highest BCUT2D eigenvalue weighted by molar-refractivity contribution is 7.89. The summed E-state index contributed by atoms with van der Waals surface area (Å²) in [6.45, 7) is 9.37. The fraction of sp³-hybridized carbons (Fsp3) is 0.679. The molecule has 12 heteroatoms. The van der Waals surface area contributed by atoms with E-state index in [1.54, 1.807) is 4.90 Å². The summed E-state index contributed by atoms with van der Waals surface area (Å²) in [5, 5.41) is 4.17. The number of amides is 1. The van der Waals surface area contributed by atoms with Crippen LogP contribution in [-0.2, 0) is 29.1 Å². The highest BCUT2D eigenvalue weighted by atomic mass is 32.2. The quantitative estimate of drug-likeness (QED) is 0.368. The second-order valence-electron chi connectivity index (χ2n) is 11.3. The summed E-state index contributed by atoms with van der Waals surface area (Å²) in [6, 6.07) is 6.51. The van der Waals surface area contributed by atoms with E-state index < -0.39 is 33.7 Å². The summed E-state index contributed by atoms with van der Waals surface area (Å²) in [6.07, 6.45) is 2.75. The van der Waals surface area contributed by atoms with E-state index in [9.17, 15) is 18.0 Å². The van der Waals surface area contributed by atoms with Crippen molar-refractivity contribution in [2.45, 2.75) is 84.0 Å². The molecule has 1 aromatic rings. The maximum atomic E-state index is 12.3. The average molecular weight is 582 g/mol. The first-order valence-corrected chi connectivity index (χ1v) is 15.6. The molecule has 11 nitrogen and oxygen atoms in total. The lowest BCUT2D eigenvalue weighted by Gasteiger charge is -2.33. The molecule has 0 bridgehead atoms. The lowest BCUT2D eigenvalue weighted by Crippen LogP contribution is -2.44. The SMILES string of the molecule is CCCCS(=O)(=O)N[C@H](C[C@H]1CC(c2ccc(OCC3CCN(C(=O)OC(C)(C)C)CC3)cc2)=NO1)C(=O)OC. The van der Waals surface area contributed by atoms with Crippen LogP contribution in [0.1, 0.15) is 71.8 Å². The van der Waals surface area contributed by atoms with Crippen molar-refractivity contribution in [1.82, 2.24) is 9.62 Å². The van der Waals surface area contributed by atoms with Gasteiger partial charge in [0.15, 0.2) is 0 Å². The van der Waals surface area contributed by atoms with Crippen molar-refractivity contribution in [3.8, 4) is 5.75 Å². The van der Waals surface area contributed by atoms with Crippen molar-refractivity contribution >= 4 is 27.8 Å². The van der Waals surface area contributed by atoms with E-state index in [4.69, 9.17) is 19.0 Å². The minimum absolute atomic E-state index is 0.0516. The van der Waals surface area contributed by atoms with Crippen molar-refractivity contribution in [3.05, 3.63) is 29.8 Å². The zero-order valence-corrected chi connectivity index (χ0v) is 25.0. The van der Waals surface area contributed by atoms with Gasteiger partial charge in [0.25, 0.3) is 0 Å². The first-order chi connectivity index (χ1) is 18.9. The summed E-state index contributed by atoms with van der Waals surface area (Å²) < 4.78 is 43.4. The number of oxime groups is 1. The van der Waals surface area contributed by atoms with Crippen molar-refractivity contribution in [2.24, 2.45) is 11.1 Å². The first-order valence-electron chi connectivity index (χ1n) is 13.9. The van der Waals surface area contributed by atoms with Gasteiger partial charge < -0.3 is 23.9 Å². The van der Waals surface area contributed by atoms with Crippen LogP contribution in [0.25, 0.3) is 0 Å². The van der Waals surface area contributed by atoms with Crippen LogP contribution in [0.3, 0.4) is 0 Å². The van der Waals surface area contributed by atoms with Crippen molar-refractivity contribution in [3.63, 3.8) is 0 Å². The molecule has 0 saturated carbocycles. The van der Waals surface area contributed by atoms with Crippen LogP contribution >= 0.6 is 0 Å².